The molecule has 7 heteroatoms. The smallest absolute Gasteiger partial charge is 0.289 e. The molecule has 0 radical (unpaired) electrons. The summed E-state index contributed by atoms with van der Waals surface area (Å²) in [5.74, 6) is 0.927. The molecule has 3 rings (SSSR count). The SMILES string of the molecule is O=C(NC[C@@H](O)c1ccc2c(c1)OCCO2)c1ccno1. The third-order valence-electron chi connectivity index (χ3n) is 3.07. The fourth-order valence-electron chi connectivity index (χ4n) is 1.99. The molecule has 110 valence electrons. The Morgan fingerprint density at radius 1 is 1.29 bits per heavy atom. The van der Waals surface area contributed by atoms with E-state index < -0.39 is 12.0 Å². The number of aromatic nitrogens is 1. The van der Waals surface area contributed by atoms with Gasteiger partial charge in [0.2, 0.25) is 5.76 Å². The van der Waals surface area contributed by atoms with Gasteiger partial charge in [0.25, 0.3) is 5.91 Å². The Labute approximate surface area is 120 Å². The molecule has 1 aromatic heterocycles. The van der Waals surface area contributed by atoms with Crippen LogP contribution in [0.4, 0.5) is 0 Å². The fourth-order valence-corrected chi connectivity index (χ4v) is 1.99. The maximum absolute atomic E-state index is 11.7. The number of aliphatic hydroxyl groups is 1. The largest absolute Gasteiger partial charge is 0.486 e. The molecule has 0 bridgehead atoms. The van der Waals surface area contributed by atoms with E-state index in [1.54, 1.807) is 18.2 Å². The first-order valence-corrected chi connectivity index (χ1v) is 6.50. The van der Waals surface area contributed by atoms with Crippen molar-refractivity contribution < 1.29 is 23.9 Å². The van der Waals surface area contributed by atoms with Crippen molar-refractivity contribution in [2.24, 2.45) is 0 Å². The molecule has 0 saturated heterocycles. The molecule has 2 N–H and O–H groups in total. The predicted octanol–water partition coefficient (Wildman–Crippen LogP) is 0.909. The number of nitrogens with zero attached hydrogens (tertiary/aromatic N) is 1. The second-order valence-corrected chi connectivity index (χ2v) is 4.51. The minimum absolute atomic E-state index is 0.0547. The second kappa shape index (κ2) is 5.84. The number of rotatable bonds is 4. The monoisotopic (exact) mass is 290 g/mol. The standard InChI is InChI=1S/C14H14N2O5/c17-10(8-15-14(18)12-3-4-16-21-12)9-1-2-11-13(7-9)20-6-5-19-11/h1-4,7,10,17H,5-6,8H2,(H,15,18)/t10-/m1/s1. The molecule has 2 aromatic rings. The summed E-state index contributed by atoms with van der Waals surface area (Å²) in [6.45, 7) is 1.05. The fraction of sp³-hybridized carbons (Fsp3) is 0.286. The number of amides is 1. The Hall–Kier alpha value is -2.54. The van der Waals surface area contributed by atoms with Gasteiger partial charge in [0.1, 0.15) is 13.2 Å². The van der Waals surface area contributed by atoms with Gasteiger partial charge in [-0.25, -0.2) is 0 Å². The molecule has 2 heterocycles. The number of hydrogen-bond acceptors (Lipinski definition) is 6. The van der Waals surface area contributed by atoms with Gasteiger partial charge in [-0.3, -0.25) is 4.79 Å². The molecule has 0 spiro atoms. The van der Waals surface area contributed by atoms with Crippen molar-refractivity contribution in [3.63, 3.8) is 0 Å². The second-order valence-electron chi connectivity index (χ2n) is 4.51. The Balaban J connectivity index is 1.62. The highest BCUT2D eigenvalue weighted by Gasteiger charge is 2.17. The van der Waals surface area contributed by atoms with Crippen LogP contribution in [0, 0.1) is 0 Å². The lowest BCUT2D eigenvalue weighted by molar-refractivity contribution is 0.0879. The van der Waals surface area contributed by atoms with Crippen LogP contribution >= 0.6 is 0 Å². The van der Waals surface area contributed by atoms with Gasteiger partial charge in [0.15, 0.2) is 11.5 Å². The van der Waals surface area contributed by atoms with Crippen molar-refractivity contribution in [3.8, 4) is 11.5 Å². The molecule has 1 aliphatic rings. The van der Waals surface area contributed by atoms with Crippen LogP contribution in [0.15, 0.2) is 35.0 Å². The van der Waals surface area contributed by atoms with E-state index in [4.69, 9.17) is 14.0 Å². The van der Waals surface area contributed by atoms with Crippen molar-refractivity contribution >= 4 is 5.91 Å². The molecule has 1 atom stereocenters. The molecule has 1 aromatic carbocycles. The summed E-state index contributed by atoms with van der Waals surface area (Å²) < 4.78 is 15.6. The van der Waals surface area contributed by atoms with Crippen molar-refractivity contribution in [1.29, 1.82) is 0 Å². The molecule has 21 heavy (non-hydrogen) atoms. The Bertz CT molecular complexity index is 626. The maximum atomic E-state index is 11.7. The minimum atomic E-state index is -0.854. The average molecular weight is 290 g/mol. The van der Waals surface area contributed by atoms with Gasteiger partial charge in [-0.1, -0.05) is 11.2 Å². The topological polar surface area (TPSA) is 93.8 Å². The Kier molecular flexibility index (Phi) is 3.74. The molecule has 7 nitrogen and oxygen atoms in total. The average Bonchev–Trinajstić information content (AvgIpc) is 3.06. The van der Waals surface area contributed by atoms with Crippen LogP contribution < -0.4 is 14.8 Å². The van der Waals surface area contributed by atoms with E-state index in [2.05, 4.69) is 10.5 Å². The zero-order chi connectivity index (χ0) is 14.7. The van der Waals surface area contributed by atoms with Gasteiger partial charge >= 0.3 is 0 Å². The van der Waals surface area contributed by atoms with Crippen LogP contribution in [0.3, 0.4) is 0 Å². The molecular formula is C14H14N2O5. The summed E-state index contributed by atoms with van der Waals surface area (Å²) in [5.41, 5.74) is 0.636. The highest BCUT2D eigenvalue weighted by molar-refractivity contribution is 5.91. The van der Waals surface area contributed by atoms with Gasteiger partial charge in [-0.15, -0.1) is 0 Å². The van der Waals surface area contributed by atoms with E-state index in [9.17, 15) is 9.90 Å². The summed E-state index contributed by atoms with van der Waals surface area (Å²) in [6.07, 6.45) is 0.527. The van der Waals surface area contributed by atoms with Crippen LogP contribution in [0.1, 0.15) is 22.2 Å². The zero-order valence-electron chi connectivity index (χ0n) is 11.1. The molecule has 0 unspecified atom stereocenters. The summed E-state index contributed by atoms with van der Waals surface area (Å²) in [7, 11) is 0. The van der Waals surface area contributed by atoms with Crippen LogP contribution in [-0.2, 0) is 0 Å². The maximum Gasteiger partial charge on any atom is 0.289 e. The van der Waals surface area contributed by atoms with Crippen LogP contribution in [0.5, 0.6) is 11.5 Å². The van der Waals surface area contributed by atoms with Crippen molar-refractivity contribution in [1.82, 2.24) is 10.5 Å². The van der Waals surface area contributed by atoms with E-state index in [1.807, 2.05) is 0 Å². The third-order valence-corrected chi connectivity index (χ3v) is 3.07. The molecule has 1 aliphatic heterocycles. The van der Waals surface area contributed by atoms with Gasteiger partial charge in [-0.05, 0) is 17.7 Å². The third kappa shape index (κ3) is 2.97. The first kappa shape index (κ1) is 13.4. The van der Waals surface area contributed by atoms with Crippen LogP contribution in [0.25, 0.3) is 0 Å². The zero-order valence-corrected chi connectivity index (χ0v) is 11.1. The first-order chi connectivity index (χ1) is 10.2. The van der Waals surface area contributed by atoms with Gasteiger partial charge in [0.05, 0.1) is 12.3 Å². The Morgan fingerprint density at radius 3 is 2.86 bits per heavy atom. The van der Waals surface area contributed by atoms with Crippen LogP contribution in [0.2, 0.25) is 0 Å². The lowest BCUT2D eigenvalue weighted by atomic mass is 10.1. The van der Waals surface area contributed by atoms with Gasteiger partial charge in [-0.2, -0.15) is 0 Å². The molecular weight excluding hydrogens is 276 g/mol. The minimum Gasteiger partial charge on any atom is -0.486 e. The summed E-state index contributed by atoms with van der Waals surface area (Å²) in [6, 6.07) is 6.63. The number of fused-ring (bicyclic) bond motifs is 1. The lowest BCUT2D eigenvalue weighted by Crippen LogP contribution is -2.28. The van der Waals surface area contributed by atoms with Crippen molar-refractivity contribution in [3.05, 3.63) is 41.8 Å². The highest BCUT2D eigenvalue weighted by atomic mass is 16.6. The number of hydrogen-bond donors (Lipinski definition) is 2. The quantitative estimate of drug-likeness (QED) is 0.869. The van der Waals surface area contributed by atoms with E-state index in [0.717, 1.165) is 0 Å². The predicted molar refractivity (Wildman–Crippen MR) is 71.2 cm³/mol. The molecule has 0 fully saturated rings. The van der Waals surface area contributed by atoms with E-state index >= 15 is 0 Å². The summed E-state index contributed by atoms with van der Waals surface area (Å²) in [5, 5.41) is 16.1. The molecule has 0 saturated carbocycles. The van der Waals surface area contributed by atoms with Crippen molar-refractivity contribution in [2.75, 3.05) is 19.8 Å². The first-order valence-electron chi connectivity index (χ1n) is 6.50. The number of benzene rings is 1. The summed E-state index contributed by atoms with van der Waals surface area (Å²) >= 11 is 0. The number of ether oxygens (including phenoxy) is 2. The summed E-state index contributed by atoms with van der Waals surface area (Å²) in [4.78, 5) is 11.7. The molecule has 0 aliphatic carbocycles. The van der Waals surface area contributed by atoms with E-state index in [1.165, 1.54) is 12.3 Å². The number of carbonyl (C=O) groups is 1. The number of nitrogens with one attached hydrogen (secondary N) is 1. The van der Waals surface area contributed by atoms with Crippen LogP contribution in [-0.4, -0.2) is 35.9 Å². The van der Waals surface area contributed by atoms with E-state index in [-0.39, 0.29) is 12.3 Å². The van der Waals surface area contributed by atoms with E-state index in [0.29, 0.717) is 30.3 Å². The molecule has 1 amide bonds. The Morgan fingerprint density at radius 2 is 2.10 bits per heavy atom. The van der Waals surface area contributed by atoms with Gasteiger partial charge in [0, 0.05) is 12.6 Å². The van der Waals surface area contributed by atoms with Gasteiger partial charge < -0.3 is 24.4 Å². The number of carbonyl (C=O) groups excluding carboxylic acids is 1. The van der Waals surface area contributed by atoms with Crippen molar-refractivity contribution in [2.45, 2.75) is 6.10 Å². The normalized spacial score (nSPS) is 14.5. The highest BCUT2D eigenvalue weighted by Crippen LogP contribution is 2.32. The number of aliphatic hydroxyl groups excluding tert-OH is 1. The lowest BCUT2D eigenvalue weighted by Gasteiger charge is -2.20.